The molecular formula is C25H38N2O5. The summed E-state index contributed by atoms with van der Waals surface area (Å²) in [5, 5.41) is 2.76. The van der Waals surface area contributed by atoms with Gasteiger partial charge >= 0.3 is 12.1 Å². The minimum atomic E-state index is -0.758. The van der Waals surface area contributed by atoms with Crippen molar-refractivity contribution >= 4 is 17.8 Å². The molecule has 1 saturated carbocycles. The van der Waals surface area contributed by atoms with Gasteiger partial charge in [-0.3, -0.25) is 4.79 Å². The average molecular weight is 447 g/mol. The third-order valence-electron chi connectivity index (χ3n) is 5.74. The van der Waals surface area contributed by atoms with Crippen molar-refractivity contribution in [2.24, 2.45) is 5.73 Å². The Labute approximate surface area is 191 Å². The quantitative estimate of drug-likeness (QED) is 0.323. The van der Waals surface area contributed by atoms with Crippen LogP contribution in [0, 0.1) is 0 Å². The minimum absolute atomic E-state index is 0.209. The molecule has 0 aromatic heterocycles. The standard InChI is InChI=1S/C25H38N2O5/c1-25(2,3)32-24(30)27-21(12-8-9-15-26)22(28)20-16-18(23(29)31-4)13-14-19(20)17-10-6-5-7-11-17/h13-14,16-17,21H,5-12,15,26H2,1-4H3,(H,27,30). The zero-order valence-corrected chi connectivity index (χ0v) is 19.9. The van der Waals surface area contributed by atoms with Crippen molar-refractivity contribution in [2.75, 3.05) is 13.7 Å². The van der Waals surface area contributed by atoms with Crippen LogP contribution in [0.3, 0.4) is 0 Å². The van der Waals surface area contributed by atoms with E-state index in [0.29, 0.717) is 30.5 Å². The van der Waals surface area contributed by atoms with Gasteiger partial charge in [-0.05, 0) is 83.0 Å². The Morgan fingerprint density at radius 2 is 1.81 bits per heavy atom. The number of hydrogen-bond donors (Lipinski definition) is 2. The molecule has 0 spiro atoms. The van der Waals surface area contributed by atoms with Crippen LogP contribution in [0.2, 0.25) is 0 Å². The number of methoxy groups -OCH3 is 1. The summed E-state index contributed by atoms with van der Waals surface area (Å²) in [5.41, 5.74) is 6.70. The molecule has 0 saturated heterocycles. The molecular weight excluding hydrogens is 408 g/mol. The molecule has 2 rings (SSSR count). The number of nitrogens with one attached hydrogen (secondary N) is 1. The SMILES string of the molecule is COC(=O)c1ccc(C2CCCCC2)c(C(=O)C(CCCCN)NC(=O)OC(C)(C)C)c1. The number of amides is 1. The molecule has 7 heteroatoms. The number of ether oxygens (including phenoxy) is 2. The Morgan fingerprint density at radius 1 is 1.12 bits per heavy atom. The van der Waals surface area contributed by atoms with Crippen LogP contribution in [0.1, 0.15) is 104 Å². The molecule has 7 nitrogen and oxygen atoms in total. The van der Waals surface area contributed by atoms with Gasteiger partial charge in [-0.1, -0.05) is 25.3 Å². The van der Waals surface area contributed by atoms with Crippen LogP contribution < -0.4 is 11.1 Å². The van der Waals surface area contributed by atoms with E-state index in [9.17, 15) is 14.4 Å². The van der Waals surface area contributed by atoms with Crippen molar-refractivity contribution in [3.05, 3.63) is 34.9 Å². The molecule has 1 aliphatic carbocycles. The van der Waals surface area contributed by atoms with Crippen molar-refractivity contribution in [1.29, 1.82) is 0 Å². The first kappa shape index (κ1) is 25.8. The van der Waals surface area contributed by atoms with Gasteiger partial charge < -0.3 is 20.5 Å². The summed E-state index contributed by atoms with van der Waals surface area (Å²) in [6.07, 6.45) is 6.70. The van der Waals surface area contributed by atoms with E-state index >= 15 is 0 Å². The number of ketones is 1. The first-order chi connectivity index (χ1) is 15.2. The fourth-order valence-electron chi connectivity index (χ4n) is 4.18. The third kappa shape index (κ3) is 7.62. The minimum Gasteiger partial charge on any atom is -0.465 e. The van der Waals surface area contributed by atoms with Gasteiger partial charge in [0, 0.05) is 5.56 Å². The first-order valence-corrected chi connectivity index (χ1v) is 11.6. The zero-order valence-electron chi connectivity index (χ0n) is 19.9. The Bertz CT molecular complexity index is 794. The summed E-state index contributed by atoms with van der Waals surface area (Å²) in [5.74, 6) is -0.436. The van der Waals surface area contributed by atoms with Crippen molar-refractivity contribution in [1.82, 2.24) is 5.32 Å². The van der Waals surface area contributed by atoms with Crippen molar-refractivity contribution in [2.45, 2.75) is 89.7 Å². The number of carbonyl (C=O) groups is 3. The fourth-order valence-corrected chi connectivity index (χ4v) is 4.18. The maximum Gasteiger partial charge on any atom is 0.408 e. The molecule has 0 radical (unpaired) electrons. The van der Waals surface area contributed by atoms with Crippen LogP contribution in [0.5, 0.6) is 0 Å². The molecule has 1 unspecified atom stereocenters. The van der Waals surface area contributed by atoms with Crippen LogP contribution in [0.4, 0.5) is 4.79 Å². The highest BCUT2D eigenvalue weighted by molar-refractivity contribution is 6.04. The van der Waals surface area contributed by atoms with E-state index in [4.69, 9.17) is 15.2 Å². The highest BCUT2D eigenvalue weighted by Crippen LogP contribution is 2.35. The Kier molecular flexibility index (Phi) is 9.69. The fraction of sp³-hybridized carbons (Fsp3) is 0.640. The summed E-state index contributed by atoms with van der Waals surface area (Å²) >= 11 is 0. The van der Waals surface area contributed by atoms with Crippen molar-refractivity contribution in [3.63, 3.8) is 0 Å². The summed E-state index contributed by atoms with van der Waals surface area (Å²) in [4.78, 5) is 38.3. The van der Waals surface area contributed by atoms with E-state index in [2.05, 4.69) is 5.32 Å². The van der Waals surface area contributed by atoms with Crippen LogP contribution in [-0.4, -0.2) is 43.1 Å². The Balaban J connectivity index is 2.38. The Morgan fingerprint density at radius 3 is 2.41 bits per heavy atom. The number of unbranched alkanes of at least 4 members (excludes halogenated alkanes) is 1. The summed E-state index contributed by atoms with van der Waals surface area (Å²) in [6.45, 7) is 5.84. The lowest BCUT2D eigenvalue weighted by Crippen LogP contribution is -2.44. The molecule has 0 bridgehead atoms. The summed E-state index contributed by atoms with van der Waals surface area (Å²) in [7, 11) is 1.32. The lowest BCUT2D eigenvalue weighted by Gasteiger charge is -2.27. The third-order valence-corrected chi connectivity index (χ3v) is 5.74. The zero-order chi connectivity index (χ0) is 23.7. The van der Waals surface area contributed by atoms with Crippen LogP contribution >= 0.6 is 0 Å². The smallest absolute Gasteiger partial charge is 0.408 e. The molecule has 0 aliphatic heterocycles. The largest absolute Gasteiger partial charge is 0.465 e. The van der Waals surface area contributed by atoms with Crippen LogP contribution in [-0.2, 0) is 9.47 Å². The van der Waals surface area contributed by atoms with E-state index in [1.165, 1.54) is 13.5 Å². The second kappa shape index (κ2) is 12.0. The molecule has 32 heavy (non-hydrogen) atoms. The first-order valence-electron chi connectivity index (χ1n) is 11.6. The second-order valence-electron chi connectivity index (χ2n) is 9.48. The number of Topliss-reactive ketones (excluding diaryl/α,β-unsaturated/α-hetero) is 1. The summed E-state index contributed by atoms with van der Waals surface area (Å²) < 4.78 is 10.2. The normalized spacial score (nSPS) is 15.7. The van der Waals surface area contributed by atoms with Gasteiger partial charge in [0.1, 0.15) is 5.60 Å². The average Bonchev–Trinajstić information content (AvgIpc) is 2.76. The molecule has 1 aromatic rings. The van der Waals surface area contributed by atoms with Crippen LogP contribution in [0.25, 0.3) is 0 Å². The van der Waals surface area contributed by atoms with E-state index in [1.807, 2.05) is 6.07 Å². The molecule has 1 fully saturated rings. The van der Waals surface area contributed by atoms with Gasteiger partial charge in [0.15, 0.2) is 5.78 Å². The van der Waals surface area contributed by atoms with Gasteiger partial charge in [0.05, 0.1) is 18.7 Å². The van der Waals surface area contributed by atoms with E-state index in [1.54, 1.807) is 32.9 Å². The van der Waals surface area contributed by atoms with Crippen molar-refractivity contribution in [3.8, 4) is 0 Å². The lowest BCUT2D eigenvalue weighted by molar-refractivity contribution is 0.0487. The number of alkyl carbamates (subject to hydrolysis) is 1. The number of rotatable bonds is 9. The molecule has 0 heterocycles. The van der Waals surface area contributed by atoms with Gasteiger partial charge in [-0.15, -0.1) is 0 Å². The van der Waals surface area contributed by atoms with E-state index in [-0.39, 0.29) is 11.7 Å². The molecule has 1 amide bonds. The highest BCUT2D eigenvalue weighted by atomic mass is 16.6. The van der Waals surface area contributed by atoms with E-state index < -0.39 is 23.7 Å². The maximum absolute atomic E-state index is 13.7. The molecule has 3 N–H and O–H groups in total. The van der Waals surface area contributed by atoms with E-state index in [0.717, 1.165) is 37.7 Å². The van der Waals surface area contributed by atoms with Gasteiger partial charge in [-0.25, -0.2) is 9.59 Å². The molecule has 178 valence electrons. The Hall–Kier alpha value is -2.41. The number of benzene rings is 1. The highest BCUT2D eigenvalue weighted by Gasteiger charge is 2.29. The number of nitrogens with two attached hydrogens (primary N) is 1. The van der Waals surface area contributed by atoms with Gasteiger partial charge in [-0.2, -0.15) is 0 Å². The van der Waals surface area contributed by atoms with Gasteiger partial charge in [0.2, 0.25) is 0 Å². The van der Waals surface area contributed by atoms with Crippen LogP contribution in [0.15, 0.2) is 18.2 Å². The number of hydrogen-bond acceptors (Lipinski definition) is 6. The predicted octanol–water partition coefficient (Wildman–Crippen LogP) is 4.73. The molecule has 1 aromatic carbocycles. The molecule has 1 aliphatic rings. The number of esters is 1. The topological polar surface area (TPSA) is 108 Å². The lowest BCUT2D eigenvalue weighted by atomic mass is 9.80. The summed E-state index contributed by atoms with van der Waals surface area (Å²) in [6, 6.07) is 4.45. The monoisotopic (exact) mass is 446 g/mol. The van der Waals surface area contributed by atoms with Crippen molar-refractivity contribution < 1.29 is 23.9 Å². The predicted molar refractivity (Wildman–Crippen MR) is 124 cm³/mol. The van der Waals surface area contributed by atoms with Gasteiger partial charge in [0.25, 0.3) is 0 Å². The number of carbonyl (C=O) groups excluding carboxylic acids is 3. The molecule has 1 atom stereocenters. The maximum atomic E-state index is 13.7. The second-order valence-corrected chi connectivity index (χ2v) is 9.48.